The Morgan fingerprint density at radius 3 is 2.60 bits per heavy atom. The summed E-state index contributed by atoms with van der Waals surface area (Å²) in [5.74, 6) is -0.180. The zero-order valence-electron chi connectivity index (χ0n) is 18.8. The molecule has 12 heteroatoms. The van der Waals surface area contributed by atoms with Crippen LogP contribution in [0.5, 0.6) is 0 Å². The maximum atomic E-state index is 13.3. The van der Waals surface area contributed by atoms with Gasteiger partial charge < -0.3 is 10.1 Å². The Morgan fingerprint density at radius 2 is 1.86 bits per heavy atom. The van der Waals surface area contributed by atoms with Crippen LogP contribution in [0, 0.1) is 0 Å². The smallest absolute Gasteiger partial charge is 0.411 e. The largest absolute Gasteiger partial charge is 0.449 e. The average molecular weight is 693 g/mol. The molecule has 0 atom stereocenters. The van der Waals surface area contributed by atoms with Gasteiger partial charge in [-0.1, -0.05) is 60.1 Å². The minimum atomic E-state index is -0.603. The Balaban J connectivity index is 1.77. The lowest BCUT2D eigenvalue weighted by molar-refractivity contribution is 0.101. The highest BCUT2D eigenvalue weighted by molar-refractivity contribution is 9.11. The van der Waals surface area contributed by atoms with E-state index in [9.17, 15) is 9.59 Å². The Hall–Kier alpha value is -1.95. The number of halogens is 4. The average Bonchev–Trinajstić information content (AvgIpc) is 3.20. The highest BCUT2D eigenvalue weighted by Gasteiger charge is 2.21. The molecule has 0 fully saturated rings. The summed E-state index contributed by atoms with van der Waals surface area (Å²) in [7, 11) is 0. The molecule has 0 aliphatic heterocycles. The zero-order valence-corrected chi connectivity index (χ0v) is 24.3. The van der Waals surface area contributed by atoms with Gasteiger partial charge in [-0.2, -0.15) is 5.10 Å². The summed E-state index contributed by atoms with van der Waals surface area (Å²) in [5, 5.41) is 10.2. The molecular weight excluding hydrogens is 669 g/mol. The second kappa shape index (κ2) is 13.4. The van der Waals surface area contributed by atoms with E-state index in [0.717, 1.165) is 25.7 Å². The lowest BCUT2D eigenvalue weighted by atomic mass is 10.2. The summed E-state index contributed by atoms with van der Waals surface area (Å²) in [5.41, 5.74) is 0.901. The normalized spacial score (nSPS) is 10.8. The van der Waals surface area contributed by atoms with Gasteiger partial charge in [-0.15, -0.1) is 0 Å². The number of ether oxygens (including phenoxy) is 1. The molecule has 2 heterocycles. The first-order valence-corrected chi connectivity index (χ1v) is 13.7. The van der Waals surface area contributed by atoms with Gasteiger partial charge in [-0.3, -0.25) is 10.1 Å². The summed E-state index contributed by atoms with van der Waals surface area (Å²) >= 11 is 16.4. The number of benzene rings is 1. The molecule has 0 aliphatic rings. The van der Waals surface area contributed by atoms with E-state index < -0.39 is 12.0 Å². The highest BCUT2D eigenvalue weighted by atomic mass is 79.9. The van der Waals surface area contributed by atoms with Gasteiger partial charge in [0.25, 0.3) is 5.91 Å². The van der Waals surface area contributed by atoms with E-state index in [1.54, 1.807) is 36.5 Å². The van der Waals surface area contributed by atoms with Gasteiger partial charge >= 0.3 is 6.09 Å². The molecule has 0 bridgehead atoms. The molecule has 186 valence electrons. The van der Waals surface area contributed by atoms with Gasteiger partial charge in [0.2, 0.25) is 0 Å². The summed E-state index contributed by atoms with van der Waals surface area (Å²) in [6, 6.07) is 8.32. The number of carbonyl (C=O) groups excluding carboxylic acids is 2. The Labute approximate surface area is 233 Å². The van der Waals surface area contributed by atoms with Crippen LogP contribution in [0.2, 0.25) is 5.02 Å². The van der Waals surface area contributed by atoms with E-state index in [-0.39, 0.29) is 5.69 Å². The van der Waals surface area contributed by atoms with Crippen LogP contribution in [0.15, 0.2) is 50.1 Å². The molecule has 2 N–H and O–H groups in total. The van der Waals surface area contributed by atoms with Crippen LogP contribution in [-0.2, 0) is 4.74 Å². The van der Waals surface area contributed by atoms with Crippen molar-refractivity contribution in [1.29, 1.82) is 0 Å². The van der Waals surface area contributed by atoms with Crippen molar-refractivity contribution in [3.63, 3.8) is 0 Å². The molecule has 0 radical (unpaired) electrons. The highest BCUT2D eigenvalue weighted by Crippen LogP contribution is 2.35. The van der Waals surface area contributed by atoms with Crippen molar-refractivity contribution in [1.82, 2.24) is 14.8 Å². The number of hydrogen-bond acceptors (Lipinski definition) is 5. The number of amides is 2. The molecule has 0 spiro atoms. The molecule has 3 aromatic rings. The van der Waals surface area contributed by atoms with E-state index in [4.69, 9.17) is 16.3 Å². The third kappa shape index (κ3) is 7.77. The number of nitrogens with zero attached hydrogens (tertiary/aromatic N) is 3. The zero-order chi connectivity index (χ0) is 25.4. The molecule has 35 heavy (non-hydrogen) atoms. The number of anilines is 2. The molecular formula is C23H23Br3ClN5O3. The molecule has 0 saturated heterocycles. The van der Waals surface area contributed by atoms with Crippen molar-refractivity contribution in [2.45, 2.75) is 39.0 Å². The molecule has 2 aromatic heterocycles. The van der Waals surface area contributed by atoms with Gasteiger partial charge in [-0.25, -0.2) is 14.5 Å². The summed E-state index contributed by atoms with van der Waals surface area (Å²) in [6.45, 7) is 2.47. The molecule has 1 aromatic carbocycles. The fourth-order valence-electron chi connectivity index (χ4n) is 3.20. The fourth-order valence-corrected chi connectivity index (χ4v) is 5.10. The minimum Gasteiger partial charge on any atom is -0.449 e. The van der Waals surface area contributed by atoms with Crippen molar-refractivity contribution < 1.29 is 14.3 Å². The summed E-state index contributed by atoms with van der Waals surface area (Å²) in [4.78, 5) is 29.9. The van der Waals surface area contributed by atoms with Gasteiger partial charge in [0.15, 0.2) is 5.82 Å². The van der Waals surface area contributed by atoms with Gasteiger partial charge in [0.1, 0.15) is 10.3 Å². The van der Waals surface area contributed by atoms with Crippen molar-refractivity contribution in [3.05, 3.63) is 60.8 Å². The first kappa shape index (κ1) is 27.6. The molecule has 8 nitrogen and oxygen atoms in total. The van der Waals surface area contributed by atoms with Crippen molar-refractivity contribution in [3.8, 4) is 5.82 Å². The Bertz CT molecular complexity index is 1210. The van der Waals surface area contributed by atoms with Crippen LogP contribution < -0.4 is 10.6 Å². The quantitative estimate of drug-likeness (QED) is 0.210. The number of pyridine rings is 1. The molecule has 3 rings (SSSR count). The van der Waals surface area contributed by atoms with E-state index in [1.807, 2.05) is 0 Å². The predicted octanol–water partition coefficient (Wildman–Crippen LogP) is 7.98. The van der Waals surface area contributed by atoms with Crippen LogP contribution in [0.3, 0.4) is 0 Å². The molecule has 2 amide bonds. The summed E-state index contributed by atoms with van der Waals surface area (Å²) in [6.07, 6.45) is 6.20. The van der Waals surface area contributed by atoms with Gasteiger partial charge in [0.05, 0.1) is 23.0 Å². The minimum absolute atomic E-state index is 0.188. The number of carbonyl (C=O) groups is 2. The predicted molar refractivity (Wildman–Crippen MR) is 148 cm³/mol. The number of nitrogens with one attached hydrogen (secondary N) is 2. The van der Waals surface area contributed by atoms with Crippen LogP contribution in [-0.4, -0.2) is 33.4 Å². The number of rotatable bonds is 10. The van der Waals surface area contributed by atoms with Crippen molar-refractivity contribution in [2.24, 2.45) is 0 Å². The standard InChI is InChI=1S/C23H23Br3ClN5O3/c1-2-3-4-5-6-10-35-23(34)29-17-12-14(24)11-15(25)20(17)30-22(33)18-13-19(26)31-32(18)21-16(27)8-7-9-28-21/h7-9,11-13H,2-6,10H2,1H3,(H,29,34)(H,30,33). The van der Waals surface area contributed by atoms with E-state index in [2.05, 4.69) is 75.4 Å². The van der Waals surface area contributed by atoms with Crippen LogP contribution in [0.1, 0.15) is 49.5 Å². The third-order valence-corrected chi connectivity index (χ3v) is 6.63. The van der Waals surface area contributed by atoms with Crippen molar-refractivity contribution in [2.75, 3.05) is 17.2 Å². The van der Waals surface area contributed by atoms with Crippen LogP contribution in [0.4, 0.5) is 16.2 Å². The Morgan fingerprint density at radius 1 is 1.09 bits per heavy atom. The second-order valence-corrected chi connectivity index (χ2v) is 10.5. The van der Waals surface area contributed by atoms with Gasteiger partial charge in [-0.05, 0) is 62.5 Å². The third-order valence-electron chi connectivity index (χ3n) is 4.86. The molecule has 0 saturated carbocycles. The number of hydrogen-bond donors (Lipinski definition) is 2. The Kier molecular flexibility index (Phi) is 10.6. The van der Waals surface area contributed by atoms with Crippen molar-refractivity contribution >= 4 is 82.8 Å². The number of unbranched alkanes of at least 4 members (excludes halogenated alkanes) is 4. The first-order valence-electron chi connectivity index (χ1n) is 10.9. The molecule has 0 unspecified atom stereocenters. The second-order valence-electron chi connectivity index (χ2n) is 7.51. The maximum absolute atomic E-state index is 13.3. The van der Waals surface area contributed by atoms with Gasteiger partial charge in [0, 0.05) is 21.2 Å². The lowest BCUT2D eigenvalue weighted by Gasteiger charge is -2.15. The van der Waals surface area contributed by atoms with Crippen LogP contribution >= 0.6 is 59.4 Å². The SMILES string of the molecule is CCCCCCCOC(=O)Nc1cc(Br)cc(Br)c1NC(=O)c1cc(Br)nn1-c1ncccc1Cl. The first-order chi connectivity index (χ1) is 16.8. The molecule has 0 aliphatic carbocycles. The van der Waals surface area contributed by atoms with E-state index in [0.29, 0.717) is 42.4 Å². The van der Waals surface area contributed by atoms with Crippen LogP contribution in [0.25, 0.3) is 5.82 Å². The summed E-state index contributed by atoms with van der Waals surface area (Å²) < 4.78 is 8.33. The lowest BCUT2D eigenvalue weighted by Crippen LogP contribution is -2.20. The number of aromatic nitrogens is 3. The van der Waals surface area contributed by atoms with E-state index >= 15 is 0 Å². The maximum Gasteiger partial charge on any atom is 0.411 e. The topological polar surface area (TPSA) is 98.1 Å². The van der Waals surface area contributed by atoms with E-state index in [1.165, 1.54) is 11.1 Å². The fraction of sp³-hybridized carbons (Fsp3) is 0.304. The monoisotopic (exact) mass is 689 g/mol.